The number of para-hydroxylation sites is 1. The maximum absolute atomic E-state index is 4.30. The summed E-state index contributed by atoms with van der Waals surface area (Å²) in [5.74, 6) is 1.19. The fourth-order valence-electron chi connectivity index (χ4n) is 1.70. The summed E-state index contributed by atoms with van der Waals surface area (Å²) in [6.07, 6.45) is 0. The van der Waals surface area contributed by atoms with E-state index in [1.165, 1.54) is 16.0 Å². The van der Waals surface area contributed by atoms with E-state index in [1.54, 1.807) is 11.3 Å². The highest BCUT2D eigenvalue weighted by atomic mass is 32.2. The molecule has 0 aliphatic carbocycles. The molecule has 0 amide bonds. The van der Waals surface area contributed by atoms with Crippen molar-refractivity contribution in [2.24, 2.45) is 0 Å². The first-order valence-corrected chi connectivity index (χ1v) is 6.42. The van der Waals surface area contributed by atoms with E-state index in [9.17, 15) is 0 Å². The molecule has 2 aromatic rings. The molecule has 4 heteroatoms. The SMILES string of the molecule is [c]1nc2c(C3NCCS3)cccc2s1. The first-order valence-electron chi connectivity index (χ1n) is 4.55. The monoisotopic (exact) mass is 221 g/mol. The molecule has 2 heterocycles. The number of thioether (sulfide) groups is 1. The first kappa shape index (κ1) is 8.71. The zero-order valence-electron chi connectivity index (χ0n) is 7.49. The predicted octanol–water partition coefficient (Wildman–Crippen LogP) is 2.43. The van der Waals surface area contributed by atoms with Gasteiger partial charge in [-0.15, -0.1) is 23.1 Å². The third-order valence-electron chi connectivity index (χ3n) is 2.34. The number of aromatic nitrogens is 1. The van der Waals surface area contributed by atoms with Crippen LogP contribution in [0.2, 0.25) is 0 Å². The van der Waals surface area contributed by atoms with Crippen LogP contribution >= 0.6 is 23.1 Å². The van der Waals surface area contributed by atoms with Gasteiger partial charge in [-0.2, -0.15) is 0 Å². The van der Waals surface area contributed by atoms with Gasteiger partial charge in [-0.3, -0.25) is 0 Å². The van der Waals surface area contributed by atoms with Crippen LogP contribution in [0.25, 0.3) is 10.2 Å². The molecule has 1 atom stereocenters. The van der Waals surface area contributed by atoms with Gasteiger partial charge in [0.05, 0.1) is 15.6 Å². The van der Waals surface area contributed by atoms with Gasteiger partial charge in [0.1, 0.15) is 0 Å². The maximum Gasteiger partial charge on any atom is 0.153 e. The van der Waals surface area contributed by atoms with Crippen LogP contribution in [0.15, 0.2) is 18.2 Å². The Labute approximate surface area is 90.7 Å². The smallest absolute Gasteiger partial charge is 0.153 e. The van der Waals surface area contributed by atoms with Crippen molar-refractivity contribution in [1.29, 1.82) is 0 Å². The zero-order chi connectivity index (χ0) is 9.38. The number of hydrogen-bond acceptors (Lipinski definition) is 4. The Morgan fingerprint density at radius 1 is 1.50 bits per heavy atom. The average Bonchev–Trinajstić information content (AvgIpc) is 2.88. The lowest BCUT2D eigenvalue weighted by Crippen LogP contribution is -2.12. The van der Waals surface area contributed by atoms with Crippen LogP contribution in [0.4, 0.5) is 0 Å². The molecule has 1 unspecified atom stereocenters. The van der Waals surface area contributed by atoms with Crippen molar-refractivity contribution in [2.75, 3.05) is 12.3 Å². The zero-order valence-corrected chi connectivity index (χ0v) is 9.12. The molecule has 1 radical (unpaired) electrons. The number of thiazole rings is 1. The van der Waals surface area contributed by atoms with Crippen molar-refractivity contribution in [1.82, 2.24) is 10.3 Å². The minimum Gasteiger partial charge on any atom is -0.301 e. The normalized spacial score (nSPS) is 21.9. The molecule has 1 aliphatic heterocycles. The number of nitrogens with zero attached hydrogens (tertiary/aromatic N) is 1. The second kappa shape index (κ2) is 3.53. The van der Waals surface area contributed by atoms with E-state index >= 15 is 0 Å². The number of hydrogen-bond donors (Lipinski definition) is 1. The molecule has 0 bridgehead atoms. The van der Waals surface area contributed by atoms with Crippen LogP contribution in [0, 0.1) is 5.51 Å². The van der Waals surface area contributed by atoms with Crippen molar-refractivity contribution in [3.63, 3.8) is 0 Å². The van der Waals surface area contributed by atoms with Gasteiger partial charge in [0, 0.05) is 17.9 Å². The summed E-state index contributed by atoms with van der Waals surface area (Å²) < 4.78 is 1.23. The fraction of sp³-hybridized carbons (Fsp3) is 0.300. The van der Waals surface area contributed by atoms with Crippen molar-refractivity contribution in [3.8, 4) is 0 Å². The van der Waals surface area contributed by atoms with Gasteiger partial charge in [0.2, 0.25) is 0 Å². The van der Waals surface area contributed by atoms with E-state index in [-0.39, 0.29) is 0 Å². The van der Waals surface area contributed by atoms with Crippen LogP contribution in [-0.4, -0.2) is 17.3 Å². The molecule has 71 valence electrons. The summed E-state index contributed by atoms with van der Waals surface area (Å²) in [6, 6.07) is 6.36. The summed E-state index contributed by atoms with van der Waals surface area (Å²) in [5.41, 5.74) is 5.38. The number of fused-ring (bicyclic) bond motifs is 1. The third kappa shape index (κ3) is 1.34. The Balaban J connectivity index is 2.14. The van der Waals surface area contributed by atoms with Crippen LogP contribution < -0.4 is 5.32 Å². The summed E-state index contributed by atoms with van der Waals surface area (Å²) in [4.78, 5) is 4.30. The molecule has 0 spiro atoms. The minimum atomic E-state index is 0.425. The van der Waals surface area contributed by atoms with Crippen LogP contribution in [0.1, 0.15) is 10.9 Å². The van der Waals surface area contributed by atoms with Crippen molar-refractivity contribution in [2.45, 2.75) is 5.37 Å². The Hall–Kier alpha value is -0.580. The highest BCUT2D eigenvalue weighted by Gasteiger charge is 2.19. The molecule has 1 fully saturated rings. The van der Waals surface area contributed by atoms with E-state index in [0.29, 0.717) is 5.37 Å². The molecule has 1 aromatic heterocycles. The second-order valence-corrected chi connectivity index (χ2v) is 5.24. The lowest BCUT2D eigenvalue weighted by atomic mass is 10.2. The van der Waals surface area contributed by atoms with Crippen molar-refractivity contribution < 1.29 is 0 Å². The van der Waals surface area contributed by atoms with Crippen molar-refractivity contribution in [3.05, 3.63) is 29.3 Å². The molecule has 2 nitrogen and oxygen atoms in total. The lowest BCUT2D eigenvalue weighted by Gasteiger charge is -2.09. The lowest BCUT2D eigenvalue weighted by molar-refractivity contribution is 0.754. The highest BCUT2D eigenvalue weighted by Crippen LogP contribution is 2.34. The molecule has 1 aliphatic rings. The molecule has 1 N–H and O–H groups in total. The van der Waals surface area contributed by atoms with E-state index in [0.717, 1.165) is 12.1 Å². The number of nitrogens with one attached hydrogen (secondary N) is 1. The van der Waals surface area contributed by atoms with E-state index < -0.39 is 0 Å². The molecule has 3 rings (SSSR count). The number of benzene rings is 1. The topological polar surface area (TPSA) is 24.9 Å². The highest BCUT2D eigenvalue weighted by molar-refractivity contribution is 7.99. The predicted molar refractivity (Wildman–Crippen MR) is 61.7 cm³/mol. The standard InChI is InChI=1S/C10H9N2S2/c1-2-7(10-11-4-5-13-10)9-8(3-1)14-6-12-9/h1-3,10-11H,4-5H2. The number of rotatable bonds is 1. The van der Waals surface area contributed by atoms with Gasteiger partial charge in [-0.05, 0) is 6.07 Å². The van der Waals surface area contributed by atoms with E-state index in [4.69, 9.17) is 0 Å². The molecule has 1 aromatic carbocycles. The maximum atomic E-state index is 4.30. The first-order chi connectivity index (χ1) is 6.95. The van der Waals surface area contributed by atoms with Gasteiger partial charge in [-0.25, -0.2) is 4.98 Å². The van der Waals surface area contributed by atoms with Crippen LogP contribution in [-0.2, 0) is 0 Å². The summed E-state index contributed by atoms with van der Waals surface area (Å²) in [7, 11) is 0. The van der Waals surface area contributed by atoms with Crippen LogP contribution in [0.5, 0.6) is 0 Å². The van der Waals surface area contributed by atoms with Crippen LogP contribution in [0.3, 0.4) is 0 Å². The minimum absolute atomic E-state index is 0.425. The van der Waals surface area contributed by atoms with Crippen molar-refractivity contribution >= 4 is 33.3 Å². The Morgan fingerprint density at radius 3 is 3.36 bits per heavy atom. The van der Waals surface area contributed by atoms with Gasteiger partial charge >= 0.3 is 0 Å². The molecule has 1 saturated heterocycles. The van der Waals surface area contributed by atoms with E-state index in [2.05, 4.69) is 34.0 Å². The van der Waals surface area contributed by atoms with Gasteiger partial charge in [0.25, 0.3) is 0 Å². The van der Waals surface area contributed by atoms with Gasteiger partial charge in [-0.1, -0.05) is 12.1 Å². The Bertz CT molecular complexity index is 446. The molecule has 0 saturated carbocycles. The average molecular weight is 221 g/mol. The largest absolute Gasteiger partial charge is 0.301 e. The molecular weight excluding hydrogens is 212 g/mol. The quantitative estimate of drug-likeness (QED) is 0.800. The summed E-state index contributed by atoms with van der Waals surface area (Å²) in [6.45, 7) is 1.10. The Morgan fingerprint density at radius 2 is 2.50 bits per heavy atom. The molecular formula is C10H9N2S2. The fourth-order valence-corrected chi connectivity index (χ4v) is 3.41. The summed E-state index contributed by atoms with van der Waals surface area (Å²) >= 11 is 3.54. The Kier molecular flexibility index (Phi) is 2.20. The van der Waals surface area contributed by atoms with E-state index in [1.807, 2.05) is 11.8 Å². The second-order valence-electron chi connectivity index (χ2n) is 3.20. The third-order valence-corrected chi connectivity index (χ3v) is 4.27. The van der Waals surface area contributed by atoms with Gasteiger partial charge < -0.3 is 5.32 Å². The van der Waals surface area contributed by atoms with Gasteiger partial charge in [0.15, 0.2) is 5.51 Å². The summed E-state index contributed by atoms with van der Waals surface area (Å²) in [5, 5.41) is 3.89. The molecule has 14 heavy (non-hydrogen) atoms.